The molecule has 0 aliphatic rings. The summed E-state index contributed by atoms with van der Waals surface area (Å²) in [6, 6.07) is 2.79. The van der Waals surface area contributed by atoms with E-state index < -0.39 is 17.4 Å². The summed E-state index contributed by atoms with van der Waals surface area (Å²) >= 11 is 0. The molecule has 0 spiro atoms. The molecule has 0 unspecified atom stereocenters. The summed E-state index contributed by atoms with van der Waals surface area (Å²) in [5.41, 5.74) is -0.703. The molecule has 0 radical (unpaired) electrons. The molecule has 0 saturated heterocycles. The van der Waals surface area contributed by atoms with E-state index in [1.807, 2.05) is 0 Å². The quantitative estimate of drug-likeness (QED) is 0.762. The molecule has 2 aromatic heterocycles. The summed E-state index contributed by atoms with van der Waals surface area (Å²) in [6.45, 7) is 4.76. The molecule has 0 aliphatic carbocycles. The second-order valence-corrected chi connectivity index (χ2v) is 5.41. The van der Waals surface area contributed by atoms with E-state index in [4.69, 9.17) is 0 Å². The van der Waals surface area contributed by atoms with Gasteiger partial charge in [0, 0.05) is 6.07 Å². The topological polar surface area (TPSA) is 119 Å². The molecular weight excluding hydrogens is 302 g/mol. The molecule has 122 valence electrons. The van der Waals surface area contributed by atoms with Crippen LogP contribution in [0.5, 0.6) is 0 Å². The van der Waals surface area contributed by atoms with Gasteiger partial charge in [-0.1, -0.05) is 0 Å². The lowest BCUT2D eigenvalue weighted by Gasteiger charge is -2.22. The van der Waals surface area contributed by atoms with E-state index in [1.54, 1.807) is 20.8 Å². The van der Waals surface area contributed by atoms with Crippen LogP contribution in [0.25, 0.3) is 5.82 Å². The molecule has 9 nitrogen and oxygen atoms in total. The number of aromatic amines is 1. The number of nitrogens with one attached hydrogen (secondary N) is 2. The highest BCUT2D eigenvalue weighted by atomic mass is 16.5. The number of methoxy groups -OCH3 is 1. The van der Waals surface area contributed by atoms with Crippen LogP contribution in [0.1, 0.15) is 29.9 Å². The van der Waals surface area contributed by atoms with E-state index in [1.165, 1.54) is 30.1 Å². The Balaban J connectivity index is 2.28. The highest BCUT2D eigenvalue weighted by molar-refractivity contribution is 5.98. The molecule has 1 amide bonds. The van der Waals surface area contributed by atoms with Crippen molar-refractivity contribution in [2.45, 2.75) is 26.3 Å². The van der Waals surface area contributed by atoms with Crippen LogP contribution in [0.3, 0.4) is 0 Å². The average molecular weight is 319 g/mol. The Kier molecular flexibility index (Phi) is 4.30. The van der Waals surface area contributed by atoms with Crippen molar-refractivity contribution in [3.05, 3.63) is 39.9 Å². The number of aromatic nitrogens is 4. The van der Waals surface area contributed by atoms with Gasteiger partial charge < -0.3 is 10.1 Å². The number of carbonyl (C=O) groups is 2. The summed E-state index contributed by atoms with van der Waals surface area (Å²) < 4.78 is 6.06. The third-order valence-corrected chi connectivity index (χ3v) is 3.26. The van der Waals surface area contributed by atoms with Gasteiger partial charge in [0.1, 0.15) is 5.54 Å². The van der Waals surface area contributed by atoms with Crippen LogP contribution in [0, 0.1) is 6.92 Å². The predicted octanol–water partition coefficient (Wildman–Crippen LogP) is -0.0546. The van der Waals surface area contributed by atoms with Crippen molar-refractivity contribution < 1.29 is 14.3 Å². The van der Waals surface area contributed by atoms with Crippen LogP contribution < -0.4 is 10.9 Å². The summed E-state index contributed by atoms with van der Waals surface area (Å²) in [4.78, 5) is 35.0. The fourth-order valence-corrected chi connectivity index (χ4v) is 1.98. The Bertz CT molecular complexity index is 785. The highest BCUT2D eigenvalue weighted by Crippen LogP contribution is 2.13. The van der Waals surface area contributed by atoms with Crippen molar-refractivity contribution in [1.82, 2.24) is 25.3 Å². The van der Waals surface area contributed by atoms with E-state index in [9.17, 15) is 14.4 Å². The Hall–Kier alpha value is -2.97. The second kappa shape index (κ2) is 6.03. The van der Waals surface area contributed by atoms with Gasteiger partial charge in [-0.05, 0) is 26.8 Å². The molecule has 2 aromatic rings. The maximum atomic E-state index is 12.3. The molecular formula is C14H17N5O4. The van der Waals surface area contributed by atoms with Crippen molar-refractivity contribution in [2.75, 3.05) is 7.11 Å². The zero-order chi connectivity index (χ0) is 17.2. The SMILES string of the molecule is COC(=O)C(C)(C)NC(=O)c1cnn(-c2ccc(=O)[nH]n2)c1C. The maximum Gasteiger partial charge on any atom is 0.330 e. The summed E-state index contributed by atoms with van der Waals surface area (Å²) in [6.07, 6.45) is 1.37. The smallest absolute Gasteiger partial charge is 0.330 e. The normalized spacial score (nSPS) is 11.1. The fraction of sp³-hybridized carbons (Fsp3) is 0.357. The molecule has 0 aliphatic heterocycles. The van der Waals surface area contributed by atoms with Crippen LogP contribution in [-0.2, 0) is 9.53 Å². The van der Waals surface area contributed by atoms with Gasteiger partial charge in [-0.2, -0.15) is 10.2 Å². The van der Waals surface area contributed by atoms with Crippen LogP contribution in [-0.4, -0.2) is 44.5 Å². The maximum absolute atomic E-state index is 12.3. The summed E-state index contributed by atoms with van der Waals surface area (Å²) in [5.74, 6) is -0.653. The van der Waals surface area contributed by atoms with E-state index in [-0.39, 0.29) is 11.1 Å². The molecule has 2 N–H and O–H groups in total. The van der Waals surface area contributed by atoms with Crippen molar-refractivity contribution in [3.8, 4) is 5.82 Å². The lowest BCUT2D eigenvalue weighted by molar-refractivity contribution is -0.146. The number of H-pyrrole nitrogens is 1. The minimum Gasteiger partial charge on any atom is -0.467 e. The number of rotatable bonds is 4. The fourth-order valence-electron chi connectivity index (χ4n) is 1.98. The summed E-state index contributed by atoms with van der Waals surface area (Å²) in [5, 5.41) is 12.8. The van der Waals surface area contributed by atoms with E-state index >= 15 is 0 Å². The van der Waals surface area contributed by atoms with Gasteiger partial charge in [-0.3, -0.25) is 9.59 Å². The van der Waals surface area contributed by atoms with Crippen LogP contribution >= 0.6 is 0 Å². The molecule has 9 heteroatoms. The first-order valence-electron chi connectivity index (χ1n) is 6.78. The van der Waals surface area contributed by atoms with Gasteiger partial charge in [-0.25, -0.2) is 14.6 Å². The lowest BCUT2D eigenvalue weighted by atomic mass is 10.1. The minimum atomic E-state index is -1.17. The van der Waals surface area contributed by atoms with Crippen molar-refractivity contribution in [2.24, 2.45) is 0 Å². The van der Waals surface area contributed by atoms with Gasteiger partial charge in [0.2, 0.25) is 0 Å². The Morgan fingerprint density at radius 3 is 2.61 bits per heavy atom. The Morgan fingerprint density at radius 2 is 2.04 bits per heavy atom. The minimum absolute atomic E-state index is 0.287. The number of ether oxygens (including phenoxy) is 1. The second-order valence-electron chi connectivity index (χ2n) is 5.41. The number of esters is 1. The van der Waals surface area contributed by atoms with Gasteiger partial charge >= 0.3 is 5.97 Å². The Labute approximate surface area is 131 Å². The molecule has 0 fully saturated rings. The van der Waals surface area contributed by atoms with Crippen molar-refractivity contribution in [1.29, 1.82) is 0 Å². The average Bonchev–Trinajstić information content (AvgIpc) is 2.88. The third kappa shape index (κ3) is 3.28. The molecule has 0 aromatic carbocycles. The van der Waals surface area contributed by atoms with E-state index in [0.29, 0.717) is 11.5 Å². The molecule has 23 heavy (non-hydrogen) atoms. The first kappa shape index (κ1) is 16.4. The zero-order valence-corrected chi connectivity index (χ0v) is 13.2. The van der Waals surface area contributed by atoms with Gasteiger partial charge in [0.25, 0.3) is 11.5 Å². The molecule has 0 atom stereocenters. The van der Waals surface area contributed by atoms with Crippen molar-refractivity contribution >= 4 is 11.9 Å². The first-order valence-corrected chi connectivity index (χ1v) is 6.78. The molecule has 2 rings (SSSR count). The lowest BCUT2D eigenvalue weighted by Crippen LogP contribution is -2.50. The monoisotopic (exact) mass is 319 g/mol. The zero-order valence-electron chi connectivity index (χ0n) is 13.2. The molecule has 0 bridgehead atoms. The van der Waals surface area contributed by atoms with E-state index in [0.717, 1.165) is 0 Å². The number of carbonyl (C=O) groups excluding carboxylic acids is 2. The number of nitrogens with zero attached hydrogens (tertiary/aromatic N) is 3. The number of hydrogen-bond acceptors (Lipinski definition) is 6. The first-order chi connectivity index (χ1) is 10.8. The molecule has 0 saturated carbocycles. The van der Waals surface area contributed by atoms with Crippen LogP contribution in [0.4, 0.5) is 0 Å². The van der Waals surface area contributed by atoms with E-state index in [2.05, 4.69) is 25.3 Å². The van der Waals surface area contributed by atoms with Crippen LogP contribution in [0.2, 0.25) is 0 Å². The van der Waals surface area contributed by atoms with Crippen molar-refractivity contribution in [3.63, 3.8) is 0 Å². The third-order valence-electron chi connectivity index (χ3n) is 3.26. The summed E-state index contributed by atoms with van der Waals surface area (Å²) in [7, 11) is 1.25. The van der Waals surface area contributed by atoms with Gasteiger partial charge in [0.15, 0.2) is 5.82 Å². The van der Waals surface area contributed by atoms with Gasteiger partial charge in [0.05, 0.1) is 24.6 Å². The molecule has 2 heterocycles. The van der Waals surface area contributed by atoms with Gasteiger partial charge in [-0.15, -0.1) is 0 Å². The predicted molar refractivity (Wildman–Crippen MR) is 80.3 cm³/mol. The highest BCUT2D eigenvalue weighted by Gasteiger charge is 2.31. The van der Waals surface area contributed by atoms with Crippen LogP contribution in [0.15, 0.2) is 23.1 Å². The number of hydrogen-bond donors (Lipinski definition) is 2. The standard InChI is InChI=1S/C14H17N5O4/c1-8-9(12(21)16-14(2,3)13(22)23-4)7-15-19(8)10-5-6-11(20)18-17-10/h5-7H,1-4H3,(H,16,21)(H,18,20). The number of amides is 1. The Morgan fingerprint density at radius 1 is 1.35 bits per heavy atom. The largest absolute Gasteiger partial charge is 0.467 e.